The molecule has 3 fully saturated rings. The van der Waals surface area contributed by atoms with Gasteiger partial charge in [-0.05, 0) is 45.6 Å². The molecule has 0 unspecified atom stereocenters. The third-order valence-electron chi connectivity index (χ3n) is 8.47. The summed E-state index contributed by atoms with van der Waals surface area (Å²) in [5, 5.41) is 35.3. The van der Waals surface area contributed by atoms with E-state index in [1.165, 1.54) is 26.4 Å². The van der Waals surface area contributed by atoms with E-state index in [-0.39, 0.29) is 32.1 Å². The van der Waals surface area contributed by atoms with Crippen LogP contribution in [-0.2, 0) is 19.1 Å². The first-order chi connectivity index (χ1) is 13.8. The first kappa shape index (κ1) is 21.3. The van der Waals surface area contributed by atoms with Crippen molar-refractivity contribution in [1.29, 1.82) is 0 Å². The Morgan fingerprint density at radius 3 is 2.47 bits per heavy atom. The molecule has 0 radical (unpaired) electrons. The van der Waals surface area contributed by atoms with Crippen molar-refractivity contribution in [2.24, 2.45) is 10.8 Å². The molecule has 30 heavy (non-hydrogen) atoms. The summed E-state index contributed by atoms with van der Waals surface area (Å²) < 4.78 is 16.2. The van der Waals surface area contributed by atoms with Crippen LogP contribution in [0.5, 0.6) is 0 Å². The van der Waals surface area contributed by atoms with E-state index in [0.717, 1.165) is 0 Å². The average Bonchev–Trinajstić information content (AvgIpc) is 3.28. The molecule has 7 atom stereocenters. The minimum atomic E-state index is -1.78. The predicted molar refractivity (Wildman–Crippen MR) is 103 cm³/mol. The first-order valence-electron chi connectivity index (χ1n) is 10.4. The summed E-state index contributed by atoms with van der Waals surface area (Å²) in [5.74, 6) is -1.21. The minimum Gasteiger partial charge on any atom is -0.472 e. The Hall–Kier alpha value is -1.90. The third-order valence-corrected chi connectivity index (χ3v) is 8.47. The Labute approximate surface area is 175 Å². The second-order valence-electron chi connectivity index (χ2n) is 9.81. The molecular weight excluding hydrogens is 392 g/mol. The van der Waals surface area contributed by atoms with Gasteiger partial charge < -0.3 is 29.2 Å². The van der Waals surface area contributed by atoms with E-state index in [1.807, 2.05) is 0 Å². The maximum Gasteiger partial charge on any atom is 0.318 e. The lowest BCUT2D eigenvalue weighted by Crippen LogP contribution is -2.80. The molecule has 3 N–H and O–H groups in total. The van der Waals surface area contributed by atoms with Crippen LogP contribution in [0.4, 0.5) is 0 Å². The molecule has 2 aliphatic carbocycles. The van der Waals surface area contributed by atoms with Gasteiger partial charge in [0.15, 0.2) is 0 Å². The fraction of sp³-hybridized carbons (Fsp3) is 0.727. The van der Waals surface area contributed by atoms with Crippen molar-refractivity contribution >= 4 is 11.9 Å². The Morgan fingerprint density at radius 1 is 1.17 bits per heavy atom. The molecule has 3 aliphatic rings. The third kappa shape index (κ3) is 2.38. The molecule has 0 amide bonds. The Balaban J connectivity index is 1.84. The number of aliphatic hydroxyl groups is 3. The van der Waals surface area contributed by atoms with Crippen molar-refractivity contribution < 1.29 is 38.8 Å². The fourth-order valence-electron chi connectivity index (χ4n) is 6.40. The van der Waals surface area contributed by atoms with Crippen LogP contribution in [0, 0.1) is 10.8 Å². The summed E-state index contributed by atoms with van der Waals surface area (Å²) in [6, 6.07) is 1.69. The Bertz CT molecular complexity index is 858. The maximum absolute atomic E-state index is 13.4. The van der Waals surface area contributed by atoms with E-state index in [9.17, 15) is 24.9 Å². The summed E-state index contributed by atoms with van der Waals surface area (Å²) in [6.07, 6.45) is 2.13. The number of carbonyl (C=O) groups excluding carboxylic acids is 2. The number of cyclic esters (lactones) is 1. The zero-order valence-electron chi connectivity index (χ0n) is 17.8. The minimum absolute atomic E-state index is 0.0543. The van der Waals surface area contributed by atoms with Gasteiger partial charge in [0.1, 0.15) is 23.2 Å². The monoisotopic (exact) mass is 422 g/mol. The standard InChI is InChI=1S/C22H30O8/c1-13(23)29-16-5-7-22(27)18(2,20(16,4)26)8-9-19(3,25)21(22)11-15(30-17(21)24)14-6-10-28-12-14/h6,10,12,15-16,25-27H,5,7-9,11H2,1-4H3/t15-,16+,18+,19-,20-,21+,22+/m0/s1. The number of fused-ring (bicyclic) bond motifs is 2. The summed E-state index contributed by atoms with van der Waals surface area (Å²) in [6.45, 7) is 6.07. The molecule has 1 aromatic heterocycles. The lowest BCUT2D eigenvalue weighted by molar-refractivity contribution is -0.331. The zero-order chi connectivity index (χ0) is 22.2. The quantitative estimate of drug-likeness (QED) is 0.618. The van der Waals surface area contributed by atoms with Gasteiger partial charge in [-0.2, -0.15) is 0 Å². The van der Waals surface area contributed by atoms with Gasteiger partial charge in [-0.25, -0.2) is 0 Å². The lowest BCUT2D eigenvalue weighted by Gasteiger charge is -2.68. The molecule has 4 rings (SSSR count). The average molecular weight is 422 g/mol. The largest absolute Gasteiger partial charge is 0.472 e. The summed E-state index contributed by atoms with van der Waals surface area (Å²) in [7, 11) is 0. The maximum atomic E-state index is 13.4. The van der Waals surface area contributed by atoms with Crippen molar-refractivity contribution in [3.05, 3.63) is 24.2 Å². The smallest absolute Gasteiger partial charge is 0.318 e. The zero-order valence-corrected chi connectivity index (χ0v) is 17.8. The van der Waals surface area contributed by atoms with E-state index in [0.29, 0.717) is 5.56 Å². The van der Waals surface area contributed by atoms with E-state index < -0.39 is 51.8 Å². The molecule has 2 saturated carbocycles. The highest BCUT2D eigenvalue weighted by Crippen LogP contribution is 2.70. The van der Waals surface area contributed by atoms with Crippen LogP contribution in [-0.4, -0.2) is 50.2 Å². The number of furan rings is 1. The SMILES string of the molecule is CC(=O)O[C@@H]1CC[C@@]2(O)[C@](C)(CC[C@](C)(O)[C@]23C[C@@H](c2ccoc2)OC3=O)[C@@]1(C)O. The second-order valence-corrected chi connectivity index (χ2v) is 9.81. The molecule has 0 aromatic carbocycles. The number of carbonyl (C=O) groups is 2. The molecule has 2 heterocycles. The molecule has 1 aliphatic heterocycles. The number of ether oxygens (including phenoxy) is 2. The van der Waals surface area contributed by atoms with Crippen molar-refractivity contribution in [1.82, 2.24) is 0 Å². The summed E-state index contributed by atoms with van der Waals surface area (Å²) in [4.78, 5) is 25.0. The lowest BCUT2D eigenvalue weighted by atomic mass is 9.39. The van der Waals surface area contributed by atoms with Gasteiger partial charge in [0.25, 0.3) is 0 Å². The van der Waals surface area contributed by atoms with E-state index >= 15 is 0 Å². The van der Waals surface area contributed by atoms with Crippen LogP contribution in [0.1, 0.15) is 71.5 Å². The van der Waals surface area contributed by atoms with Crippen molar-refractivity contribution in [3.63, 3.8) is 0 Å². The van der Waals surface area contributed by atoms with Crippen molar-refractivity contribution in [2.45, 2.75) is 88.8 Å². The molecule has 1 spiro atoms. The normalized spacial score (nSPS) is 48.3. The molecule has 1 aromatic rings. The van der Waals surface area contributed by atoms with Crippen LogP contribution >= 0.6 is 0 Å². The van der Waals surface area contributed by atoms with Gasteiger partial charge in [0.2, 0.25) is 0 Å². The fourth-order valence-corrected chi connectivity index (χ4v) is 6.40. The number of esters is 2. The van der Waals surface area contributed by atoms with Gasteiger partial charge in [-0.1, -0.05) is 6.92 Å². The number of rotatable bonds is 2. The Morgan fingerprint density at radius 2 is 1.87 bits per heavy atom. The van der Waals surface area contributed by atoms with Crippen LogP contribution in [0.15, 0.2) is 23.0 Å². The highest BCUT2D eigenvalue weighted by molar-refractivity contribution is 5.83. The highest BCUT2D eigenvalue weighted by Gasteiger charge is 2.81. The van der Waals surface area contributed by atoms with Gasteiger partial charge >= 0.3 is 11.9 Å². The van der Waals surface area contributed by atoms with E-state index in [2.05, 4.69) is 0 Å². The van der Waals surface area contributed by atoms with Crippen LogP contribution < -0.4 is 0 Å². The first-order valence-corrected chi connectivity index (χ1v) is 10.4. The topological polar surface area (TPSA) is 126 Å². The van der Waals surface area contributed by atoms with Crippen LogP contribution in [0.3, 0.4) is 0 Å². The Kier molecular flexibility index (Phi) is 4.49. The van der Waals surface area contributed by atoms with Crippen LogP contribution in [0.2, 0.25) is 0 Å². The van der Waals surface area contributed by atoms with Crippen LogP contribution in [0.25, 0.3) is 0 Å². The van der Waals surface area contributed by atoms with Crippen molar-refractivity contribution in [2.75, 3.05) is 0 Å². The van der Waals surface area contributed by atoms with E-state index in [4.69, 9.17) is 13.9 Å². The molecule has 8 nitrogen and oxygen atoms in total. The second kappa shape index (κ2) is 6.31. The van der Waals surface area contributed by atoms with Gasteiger partial charge in [-0.15, -0.1) is 0 Å². The molecule has 166 valence electrons. The van der Waals surface area contributed by atoms with Gasteiger partial charge in [0, 0.05) is 24.3 Å². The summed E-state index contributed by atoms with van der Waals surface area (Å²) >= 11 is 0. The highest BCUT2D eigenvalue weighted by atomic mass is 16.6. The predicted octanol–water partition coefficient (Wildman–Crippen LogP) is 2.01. The summed E-state index contributed by atoms with van der Waals surface area (Å²) in [5.41, 5.74) is -7.19. The van der Waals surface area contributed by atoms with Crippen molar-refractivity contribution in [3.8, 4) is 0 Å². The number of hydrogen-bond acceptors (Lipinski definition) is 8. The molecule has 1 saturated heterocycles. The molecule has 8 heteroatoms. The van der Waals surface area contributed by atoms with Gasteiger partial charge in [-0.3, -0.25) is 9.59 Å². The molecule has 0 bridgehead atoms. The molecular formula is C22H30O8. The van der Waals surface area contributed by atoms with E-state index in [1.54, 1.807) is 19.9 Å². The van der Waals surface area contributed by atoms with Gasteiger partial charge in [0.05, 0.1) is 23.7 Å². The number of hydrogen-bond donors (Lipinski definition) is 3.